The smallest absolute Gasteiger partial charge is 0.265 e. The molecular weight excluding hydrogens is 312 g/mol. The maximum absolute atomic E-state index is 12.3. The summed E-state index contributed by atoms with van der Waals surface area (Å²) >= 11 is 9.56. The molecule has 3 N–H and O–H groups in total. The number of fused-ring (bicyclic) bond motifs is 1. The summed E-state index contributed by atoms with van der Waals surface area (Å²) in [5, 5.41) is 3.29. The Morgan fingerprint density at radius 1 is 1.35 bits per heavy atom. The zero-order chi connectivity index (χ0) is 14.1. The fraction of sp³-hybridized carbons (Fsp3) is 0.214. The molecule has 0 atom stereocenters. The number of nitrogens with two attached hydrogens (primary N) is 1. The third-order valence-electron chi connectivity index (χ3n) is 3.09. The molecule has 0 saturated heterocycles. The molecule has 6 heteroatoms. The average molecular weight is 325 g/mol. The van der Waals surface area contributed by atoms with Gasteiger partial charge in [-0.15, -0.1) is 11.3 Å². The van der Waals surface area contributed by atoms with Gasteiger partial charge in [0.15, 0.2) is 0 Å². The largest absolute Gasteiger partial charge is 0.399 e. The van der Waals surface area contributed by atoms with Gasteiger partial charge in [-0.1, -0.05) is 11.6 Å². The van der Waals surface area contributed by atoms with Crippen LogP contribution in [0.15, 0.2) is 24.3 Å². The lowest BCUT2D eigenvalue weighted by atomic mass is 10.2. The zero-order valence-corrected chi connectivity index (χ0v) is 13.0. The number of amides is 1. The van der Waals surface area contributed by atoms with Crippen molar-refractivity contribution < 1.29 is 4.79 Å². The topological polar surface area (TPSA) is 55.1 Å². The van der Waals surface area contributed by atoms with Gasteiger partial charge < -0.3 is 11.1 Å². The van der Waals surface area contributed by atoms with E-state index in [1.165, 1.54) is 10.4 Å². The van der Waals surface area contributed by atoms with Crippen LogP contribution >= 0.6 is 34.7 Å². The molecule has 2 heterocycles. The predicted octanol–water partition coefficient (Wildman–Crippen LogP) is 4.03. The summed E-state index contributed by atoms with van der Waals surface area (Å²) in [6.07, 6.45) is 1.06. The lowest BCUT2D eigenvalue weighted by molar-refractivity contribution is 0.103. The van der Waals surface area contributed by atoms with Gasteiger partial charge in [0, 0.05) is 16.3 Å². The van der Waals surface area contributed by atoms with Gasteiger partial charge in [-0.3, -0.25) is 4.79 Å². The summed E-state index contributed by atoms with van der Waals surface area (Å²) in [7, 11) is 0. The van der Waals surface area contributed by atoms with Gasteiger partial charge in [0.1, 0.15) is 0 Å². The van der Waals surface area contributed by atoms with E-state index in [0.29, 0.717) is 16.4 Å². The number of hydrogen-bond donors (Lipinski definition) is 2. The van der Waals surface area contributed by atoms with E-state index in [9.17, 15) is 4.79 Å². The quantitative estimate of drug-likeness (QED) is 0.820. The number of carbonyl (C=O) groups is 1. The molecular formula is C14H13ClN2OS2. The maximum atomic E-state index is 12.3. The Kier molecular flexibility index (Phi) is 3.92. The van der Waals surface area contributed by atoms with Gasteiger partial charge in [-0.25, -0.2) is 0 Å². The van der Waals surface area contributed by atoms with Gasteiger partial charge in [0.25, 0.3) is 5.91 Å². The Bertz CT molecular complexity index is 646. The molecule has 0 fully saturated rings. The molecule has 104 valence electrons. The fourth-order valence-corrected chi connectivity index (χ4v) is 4.58. The van der Waals surface area contributed by atoms with Crippen molar-refractivity contribution in [2.45, 2.75) is 12.2 Å². The van der Waals surface area contributed by atoms with E-state index < -0.39 is 0 Å². The van der Waals surface area contributed by atoms with Crippen molar-refractivity contribution in [3.63, 3.8) is 0 Å². The van der Waals surface area contributed by atoms with Crippen LogP contribution in [0.5, 0.6) is 0 Å². The number of hydrogen-bond acceptors (Lipinski definition) is 4. The maximum Gasteiger partial charge on any atom is 0.265 e. The van der Waals surface area contributed by atoms with Crippen molar-refractivity contribution in [3.8, 4) is 0 Å². The summed E-state index contributed by atoms with van der Waals surface area (Å²) in [4.78, 5) is 14.3. The molecule has 0 spiro atoms. The highest BCUT2D eigenvalue weighted by molar-refractivity contribution is 7.98. The molecule has 0 radical (unpaired) electrons. The zero-order valence-electron chi connectivity index (χ0n) is 10.6. The lowest BCUT2D eigenvalue weighted by Crippen LogP contribution is -2.10. The minimum atomic E-state index is -0.110. The SMILES string of the molecule is Nc1ccc(NC(=O)c2cc3c(s2)CCSC3)c(Cl)c1. The Balaban J connectivity index is 1.80. The monoisotopic (exact) mass is 324 g/mol. The van der Waals surface area contributed by atoms with Crippen LogP contribution in [0.1, 0.15) is 20.1 Å². The number of anilines is 2. The summed E-state index contributed by atoms with van der Waals surface area (Å²) in [5.74, 6) is 2.03. The van der Waals surface area contributed by atoms with Crippen LogP contribution < -0.4 is 11.1 Å². The molecule has 1 aromatic carbocycles. The van der Waals surface area contributed by atoms with Crippen molar-refractivity contribution >= 4 is 52.0 Å². The lowest BCUT2D eigenvalue weighted by Gasteiger charge is -2.08. The molecule has 1 aliphatic heterocycles. The Morgan fingerprint density at radius 2 is 2.20 bits per heavy atom. The highest BCUT2D eigenvalue weighted by Crippen LogP contribution is 2.32. The Labute approximate surface area is 130 Å². The Morgan fingerprint density at radius 3 is 2.95 bits per heavy atom. The van der Waals surface area contributed by atoms with E-state index >= 15 is 0 Å². The molecule has 1 amide bonds. The van der Waals surface area contributed by atoms with Gasteiger partial charge in [0.2, 0.25) is 0 Å². The number of thioether (sulfide) groups is 1. The number of thiophene rings is 1. The highest BCUT2D eigenvalue weighted by atomic mass is 35.5. The van der Waals surface area contributed by atoms with Gasteiger partial charge in [0.05, 0.1) is 15.6 Å². The molecule has 2 aromatic rings. The highest BCUT2D eigenvalue weighted by Gasteiger charge is 2.18. The number of aryl methyl sites for hydroxylation is 1. The van der Waals surface area contributed by atoms with Gasteiger partial charge in [-0.2, -0.15) is 11.8 Å². The van der Waals surface area contributed by atoms with Crippen LogP contribution in [-0.2, 0) is 12.2 Å². The molecule has 20 heavy (non-hydrogen) atoms. The standard InChI is InChI=1S/C14H13ClN2OS2/c15-10-6-9(16)1-2-11(10)17-14(18)13-5-8-7-19-4-3-12(8)20-13/h1-2,5-6H,3-4,7,16H2,(H,17,18). The molecule has 1 aromatic heterocycles. The number of nitrogen functional groups attached to an aromatic ring is 1. The van der Waals surface area contributed by atoms with Crippen LogP contribution in [0.4, 0.5) is 11.4 Å². The van der Waals surface area contributed by atoms with E-state index in [-0.39, 0.29) is 5.91 Å². The normalized spacial score (nSPS) is 13.8. The van der Waals surface area contributed by atoms with Crippen molar-refractivity contribution in [2.75, 3.05) is 16.8 Å². The van der Waals surface area contributed by atoms with E-state index in [1.54, 1.807) is 29.5 Å². The van der Waals surface area contributed by atoms with Crippen molar-refractivity contribution in [1.82, 2.24) is 0 Å². The molecule has 0 aliphatic carbocycles. The number of carbonyl (C=O) groups excluding carboxylic acids is 1. The second kappa shape index (κ2) is 5.68. The average Bonchev–Trinajstić information content (AvgIpc) is 2.86. The van der Waals surface area contributed by atoms with Crippen molar-refractivity contribution in [2.24, 2.45) is 0 Å². The molecule has 1 aliphatic rings. The van der Waals surface area contributed by atoms with E-state index in [1.807, 2.05) is 17.8 Å². The first kappa shape index (κ1) is 13.8. The summed E-state index contributed by atoms with van der Waals surface area (Å²) in [6.45, 7) is 0. The number of halogens is 1. The van der Waals surface area contributed by atoms with Crippen molar-refractivity contribution in [3.05, 3.63) is 44.6 Å². The first-order chi connectivity index (χ1) is 9.63. The van der Waals surface area contributed by atoms with E-state index in [2.05, 4.69) is 5.32 Å². The van der Waals surface area contributed by atoms with Crippen LogP contribution in [0.25, 0.3) is 0 Å². The van der Waals surface area contributed by atoms with Crippen LogP contribution in [0.3, 0.4) is 0 Å². The Hall–Kier alpha value is -1.17. The number of rotatable bonds is 2. The second-order valence-corrected chi connectivity index (χ2v) is 7.20. The number of benzene rings is 1. The van der Waals surface area contributed by atoms with Gasteiger partial charge in [-0.05, 0) is 42.0 Å². The summed E-state index contributed by atoms with van der Waals surface area (Å²) in [6, 6.07) is 7.07. The molecule has 3 nitrogen and oxygen atoms in total. The van der Waals surface area contributed by atoms with Crippen molar-refractivity contribution in [1.29, 1.82) is 0 Å². The second-order valence-electron chi connectivity index (χ2n) is 4.56. The molecule has 0 unspecified atom stereocenters. The first-order valence-corrected chi connectivity index (χ1v) is 8.54. The fourth-order valence-electron chi connectivity index (χ4n) is 2.08. The van der Waals surface area contributed by atoms with Crippen LogP contribution in [0.2, 0.25) is 5.02 Å². The minimum Gasteiger partial charge on any atom is -0.399 e. The minimum absolute atomic E-state index is 0.110. The summed E-state index contributed by atoms with van der Waals surface area (Å²) < 4.78 is 0. The third-order valence-corrected chi connectivity index (χ3v) is 5.65. The molecule has 3 rings (SSSR count). The first-order valence-electron chi connectivity index (χ1n) is 6.19. The predicted molar refractivity (Wildman–Crippen MR) is 88.0 cm³/mol. The molecule has 0 bridgehead atoms. The van der Waals surface area contributed by atoms with E-state index in [0.717, 1.165) is 22.8 Å². The van der Waals surface area contributed by atoms with Crippen LogP contribution in [-0.4, -0.2) is 11.7 Å². The third kappa shape index (κ3) is 2.80. The number of nitrogens with one attached hydrogen (secondary N) is 1. The molecule has 0 saturated carbocycles. The van der Waals surface area contributed by atoms with E-state index in [4.69, 9.17) is 17.3 Å². The summed E-state index contributed by atoms with van der Waals surface area (Å²) in [5.41, 5.74) is 8.10. The van der Waals surface area contributed by atoms with Crippen LogP contribution in [0, 0.1) is 0 Å². The van der Waals surface area contributed by atoms with Gasteiger partial charge >= 0.3 is 0 Å².